The van der Waals surface area contributed by atoms with Crippen molar-refractivity contribution in [2.24, 2.45) is 0 Å². The van der Waals surface area contributed by atoms with Crippen molar-refractivity contribution >= 4 is 23.2 Å². The number of carbonyl (C=O) groups excluding carboxylic acids is 1. The van der Waals surface area contributed by atoms with Gasteiger partial charge in [0.1, 0.15) is 23.1 Å². The Hall–Kier alpha value is -3.27. The molecule has 0 bridgehead atoms. The number of ether oxygens (including phenoxy) is 1. The maximum absolute atomic E-state index is 14.4. The molecule has 4 heterocycles. The summed E-state index contributed by atoms with van der Waals surface area (Å²) < 4.78 is 35.0. The number of benzene rings is 1. The molecule has 2 amide bonds. The second kappa shape index (κ2) is 8.10. The van der Waals surface area contributed by atoms with Gasteiger partial charge in [-0.05, 0) is 37.1 Å². The number of carbonyl (C=O) groups is 1. The van der Waals surface area contributed by atoms with E-state index in [2.05, 4.69) is 10.4 Å². The van der Waals surface area contributed by atoms with E-state index in [1.54, 1.807) is 27.9 Å². The van der Waals surface area contributed by atoms with Gasteiger partial charge in [-0.2, -0.15) is 5.10 Å². The van der Waals surface area contributed by atoms with Crippen LogP contribution < -0.4 is 10.2 Å². The van der Waals surface area contributed by atoms with E-state index in [0.717, 1.165) is 18.6 Å². The second-order valence-corrected chi connectivity index (χ2v) is 7.66. The fourth-order valence-corrected chi connectivity index (χ4v) is 4.20. The van der Waals surface area contributed by atoms with Gasteiger partial charge in [0.05, 0.1) is 25.5 Å². The van der Waals surface area contributed by atoms with Crippen LogP contribution in [0.5, 0.6) is 0 Å². The Balaban J connectivity index is 1.43. The zero-order valence-corrected chi connectivity index (χ0v) is 16.8. The summed E-state index contributed by atoms with van der Waals surface area (Å²) in [6.07, 6.45) is 4.85. The molecule has 1 N–H and O–H groups in total. The van der Waals surface area contributed by atoms with E-state index in [9.17, 15) is 13.6 Å². The summed E-state index contributed by atoms with van der Waals surface area (Å²) in [5.74, 6) is -0.265. The van der Waals surface area contributed by atoms with Crippen LogP contribution in [-0.2, 0) is 4.74 Å². The van der Waals surface area contributed by atoms with Crippen molar-refractivity contribution < 1.29 is 18.3 Å². The average molecular weight is 428 g/mol. The third kappa shape index (κ3) is 3.78. The average Bonchev–Trinajstić information content (AvgIpc) is 3.43. The highest BCUT2D eigenvalue weighted by Gasteiger charge is 2.30. The predicted molar refractivity (Wildman–Crippen MR) is 110 cm³/mol. The van der Waals surface area contributed by atoms with Gasteiger partial charge in [-0.3, -0.25) is 0 Å². The van der Waals surface area contributed by atoms with Crippen LogP contribution in [0.1, 0.15) is 24.4 Å². The van der Waals surface area contributed by atoms with E-state index >= 15 is 0 Å². The maximum Gasteiger partial charge on any atom is 0.322 e. The molecule has 2 saturated heterocycles. The number of morpholine rings is 1. The molecule has 0 radical (unpaired) electrons. The summed E-state index contributed by atoms with van der Waals surface area (Å²) in [6, 6.07) is 4.80. The van der Waals surface area contributed by atoms with Gasteiger partial charge in [0.15, 0.2) is 5.65 Å². The smallest absolute Gasteiger partial charge is 0.322 e. The van der Waals surface area contributed by atoms with Gasteiger partial charge >= 0.3 is 6.03 Å². The molecule has 0 saturated carbocycles. The van der Waals surface area contributed by atoms with Crippen molar-refractivity contribution in [2.45, 2.75) is 18.9 Å². The van der Waals surface area contributed by atoms with E-state index < -0.39 is 11.6 Å². The van der Waals surface area contributed by atoms with E-state index in [0.29, 0.717) is 62.0 Å². The van der Waals surface area contributed by atoms with Crippen LogP contribution in [0.25, 0.3) is 5.65 Å². The third-order valence-corrected chi connectivity index (χ3v) is 5.76. The van der Waals surface area contributed by atoms with Gasteiger partial charge in [-0.1, -0.05) is 0 Å². The molecule has 1 atom stereocenters. The number of nitrogens with zero attached hydrogens (tertiary/aromatic N) is 5. The van der Waals surface area contributed by atoms with Crippen LogP contribution in [0.2, 0.25) is 0 Å². The quantitative estimate of drug-likeness (QED) is 0.694. The summed E-state index contributed by atoms with van der Waals surface area (Å²) in [5.41, 5.74) is 1.31. The minimum atomic E-state index is -0.462. The number of amides is 2. The van der Waals surface area contributed by atoms with Gasteiger partial charge in [0, 0.05) is 31.4 Å². The molecule has 8 nitrogen and oxygen atoms in total. The maximum atomic E-state index is 14.4. The first-order valence-corrected chi connectivity index (χ1v) is 10.3. The van der Waals surface area contributed by atoms with E-state index in [4.69, 9.17) is 9.72 Å². The molecule has 3 aromatic rings. The standard InChI is InChI=1S/C21H22F2N6O2/c22-14-3-4-16(23)15(12-14)18-2-1-6-28(18)19-5-7-29-20(26-19)17(13-24-29)25-21(30)27-8-10-31-11-9-27/h3-5,7,12-13,18H,1-2,6,8-11H2,(H,25,30). The second-order valence-electron chi connectivity index (χ2n) is 7.66. The van der Waals surface area contributed by atoms with E-state index in [1.165, 1.54) is 6.07 Å². The first-order valence-electron chi connectivity index (χ1n) is 10.3. The van der Waals surface area contributed by atoms with Gasteiger partial charge < -0.3 is 19.9 Å². The first kappa shape index (κ1) is 19.7. The van der Waals surface area contributed by atoms with Gasteiger partial charge in [-0.25, -0.2) is 23.1 Å². The molecule has 10 heteroatoms. The first-order chi connectivity index (χ1) is 15.1. The number of anilines is 2. The van der Waals surface area contributed by atoms with Crippen LogP contribution in [0.3, 0.4) is 0 Å². The van der Waals surface area contributed by atoms with E-state index in [-0.39, 0.29) is 12.1 Å². The number of hydrogen-bond donors (Lipinski definition) is 1. The lowest BCUT2D eigenvalue weighted by Gasteiger charge is -2.27. The predicted octanol–water partition coefficient (Wildman–Crippen LogP) is 3.21. The lowest BCUT2D eigenvalue weighted by atomic mass is 10.0. The van der Waals surface area contributed by atoms with Crippen LogP contribution in [-0.4, -0.2) is 58.4 Å². The molecule has 2 fully saturated rings. The minimum Gasteiger partial charge on any atom is -0.378 e. The topological polar surface area (TPSA) is 75.0 Å². The fourth-order valence-electron chi connectivity index (χ4n) is 4.20. The summed E-state index contributed by atoms with van der Waals surface area (Å²) in [5, 5.41) is 7.13. The van der Waals surface area contributed by atoms with E-state index in [1.807, 2.05) is 4.90 Å². The number of rotatable bonds is 3. The monoisotopic (exact) mass is 428 g/mol. The zero-order valence-electron chi connectivity index (χ0n) is 16.8. The van der Waals surface area contributed by atoms with Crippen LogP contribution in [0.4, 0.5) is 25.1 Å². The number of nitrogens with one attached hydrogen (secondary N) is 1. The SMILES string of the molecule is O=C(Nc1cnn2ccc(N3CCCC3c3cc(F)ccc3F)nc12)N1CCOCC1. The van der Waals surface area contributed by atoms with Crippen molar-refractivity contribution in [2.75, 3.05) is 43.1 Å². The third-order valence-electron chi connectivity index (χ3n) is 5.76. The molecule has 0 spiro atoms. The Bertz CT molecular complexity index is 1110. The molecule has 2 aliphatic rings. The lowest BCUT2D eigenvalue weighted by molar-refractivity contribution is 0.0565. The highest BCUT2D eigenvalue weighted by Crippen LogP contribution is 2.37. The minimum absolute atomic E-state index is 0.230. The number of aromatic nitrogens is 3. The summed E-state index contributed by atoms with van der Waals surface area (Å²) in [7, 11) is 0. The summed E-state index contributed by atoms with van der Waals surface area (Å²) in [6.45, 7) is 2.75. The zero-order chi connectivity index (χ0) is 21.4. The van der Waals surface area contributed by atoms with Crippen LogP contribution >= 0.6 is 0 Å². The van der Waals surface area contributed by atoms with Crippen LogP contribution in [0.15, 0.2) is 36.7 Å². The Labute approximate surface area is 177 Å². The molecular weight excluding hydrogens is 406 g/mol. The molecule has 162 valence electrons. The summed E-state index contributed by atoms with van der Waals surface area (Å²) in [4.78, 5) is 20.9. The van der Waals surface area contributed by atoms with Crippen molar-refractivity contribution in [3.63, 3.8) is 0 Å². The normalized spacial score (nSPS) is 19.2. The number of urea groups is 1. The molecule has 1 aromatic carbocycles. The van der Waals surface area contributed by atoms with Gasteiger partial charge in [-0.15, -0.1) is 0 Å². The summed E-state index contributed by atoms with van der Waals surface area (Å²) >= 11 is 0. The number of hydrogen-bond acceptors (Lipinski definition) is 5. The van der Waals surface area contributed by atoms with Gasteiger partial charge in [0.2, 0.25) is 0 Å². The lowest BCUT2D eigenvalue weighted by Crippen LogP contribution is -2.43. The van der Waals surface area contributed by atoms with Crippen molar-refractivity contribution in [1.82, 2.24) is 19.5 Å². The van der Waals surface area contributed by atoms with Crippen LogP contribution in [0, 0.1) is 11.6 Å². The van der Waals surface area contributed by atoms with Crippen molar-refractivity contribution in [3.8, 4) is 0 Å². The highest BCUT2D eigenvalue weighted by atomic mass is 19.1. The molecule has 31 heavy (non-hydrogen) atoms. The Kier molecular flexibility index (Phi) is 5.14. The molecule has 0 aliphatic carbocycles. The molecule has 5 rings (SSSR count). The molecule has 2 aromatic heterocycles. The highest BCUT2D eigenvalue weighted by molar-refractivity contribution is 5.93. The van der Waals surface area contributed by atoms with Crippen molar-refractivity contribution in [1.29, 1.82) is 0 Å². The molecular formula is C21H22F2N6O2. The number of fused-ring (bicyclic) bond motifs is 1. The molecule has 1 unspecified atom stereocenters. The van der Waals surface area contributed by atoms with Crippen molar-refractivity contribution in [3.05, 3.63) is 53.9 Å². The largest absolute Gasteiger partial charge is 0.378 e. The Morgan fingerprint density at radius 3 is 2.84 bits per heavy atom. The van der Waals surface area contributed by atoms with Gasteiger partial charge in [0.25, 0.3) is 0 Å². The Morgan fingerprint density at radius 1 is 1.16 bits per heavy atom. The molecule has 2 aliphatic heterocycles. The Morgan fingerprint density at radius 2 is 2.00 bits per heavy atom. The fraction of sp³-hybridized carbons (Fsp3) is 0.381. The number of halogens is 2.